The van der Waals surface area contributed by atoms with E-state index in [1.54, 1.807) is 17.9 Å². The van der Waals surface area contributed by atoms with Crippen molar-refractivity contribution in [3.63, 3.8) is 0 Å². The van der Waals surface area contributed by atoms with E-state index in [0.717, 1.165) is 4.47 Å². The maximum Gasteiger partial charge on any atom is 0.323 e. The lowest BCUT2D eigenvalue weighted by Crippen LogP contribution is -2.42. The van der Waals surface area contributed by atoms with E-state index >= 15 is 0 Å². The summed E-state index contributed by atoms with van der Waals surface area (Å²) in [6, 6.07) is -0.105. The van der Waals surface area contributed by atoms with Gasteiger partial charge in [0, 0.05) is 19.3 Å². The summed E-state index contributed by atoms with van der Waals surface area (Å²) in [5.41, 5.74) is 0.617. The first kappa shape index (κ1) is 15.7. The summed E-state index contributed by atoms with van der Waals surface area (Å²) < 4.78 is 2.36. The Morgan fingerprint density at radius 3 is 2.63 bits per heavy atom. The van der Waals surface area contributed by atoms with Crippen LogP contribution in [-0.4, -0.2) is 44.3 Å². The molecule has 0 saturated carbocycles. The Morgan fingerprint density at radius 1 is 1.58 bits per heavy atom. The third-order valence-electron chi connectivity index (χ3n) is 2.92. The van der Waals surface area contributed by atoms with Crippen molar-refractivity contribution in [2.45, 2.75) is 32.7 Å². The van der Waals surface area contributed by atoms with Crippen molar-refractivity contribution in [2.24, 2.45) is 7.05 Å². The zero-order valence-electron chi connectivity index (χ0n) is 11.3. The highest BCUT2D eigenvalue weighted by molar-refractivity contribution is 9.10. The fourth-order valence-electron chi connectivity index (χ4n) is 1.73. The van der Waals surface area contributed by atoms with Crippen LogP contribution in [0.2, 0.25) is 0 Å². The number of amides is 1. The predicted octanol–water partition coefficient (Wildman–Crippen LogP) is 1.44. The Labute approximate surface area is 120 Å². The third kappa shape index (κ3) is 4.34. The lowest BCUT2D eigenvalue weighted by molar-refractivity contribution is -0.145. The van der Waals surface area contributed by atoms with Gasteiger partial charge in [0.2, 0.25) is 5.91 Å². The number of rotatable bonds is 6. The van der Waals surface area contributed by atoms with Gasteiger partial charge in [-0.3, -0.25) is 14.3 Å². The smallest absolute Gasteiger partial charge is 0.323 e. The number of aromatic nitrogens is 2. The molecule has 1 aromatic heterocycles. The SMILES string of the molecule is CCC(C)N(CC(=O)O)C(=O)Cc1nn(C)cc1Br. The average Bonchev–Trinajstić information content (AvgIpc) is 2.63. The van der Waals surface area contributed by atoms with Crippen molar-refractivity contribution in [3.8, 4) is 0 Å². The van der Waals surface area contributed by atoms with Gasteiger partial charge in [0.15, 0.2) is 0 Å². The number of carboxylic acid groups (broad SMARTS) is 1. The van der Waals surface area contributed by atoms with Crippen LogP contribution in [0.25, 0.3) is 0 Å². The van der Waals surface area contributed by atoms with Gasteiger partial charge in [0.25, 0.3) is 0 Å². The van der Waals surface area contributed by atoms with Crippen LogP contribution in [0, 0.1) is 0 Å². The highest BCUT2D eigenvalue weighted by atomic mass is 79.9. The van der Waals surface area contributed by atoms with Crippen molar-refractivity contribution in [1.82, 2.24) is 14.7 Å². The summed E-state index contributed by atoms with van der Waals surface area (Å²) in [5.74, 6) is -1.23. The maximum absolute atomic E-state index is 12.2. The number of hydrogen-bond acceptors (Lipinski definition) is 3. The van der Waals surface area contributed by atoms with Gasteiger partial charge >= 0.3 is 5.97 Å². The molecule has 19 heavy (non-hydrogen) atoms. The van der Waals surface area contributed by atoms with E-state index < -0.39 is 5.97 Å². The Morgan fingerprint density at radius 2 is 2.21 bits per heavy atom. The van der Waals surface area contributed by atoms with Gasteiger partial charge in [0.05, 0.1) is 16.6 Å². The zero-order valence-corrected chi connectivity index (χ0v) is 12.8. The summed E-state index contributed by atoms with van der Waals surface area (Å²) in [6.45, 7) is 3.48. The van der Waals surface area contributed by atoms with Gasteiger partial charge in [-0.1, -0.05) is 6.92 Å². The summed E-state index contributed by atoms with van der Waals surface area (Å²) in [5, 5.41) is 13.1. The molecule has 106 valence electrons. The Kier molecular flexibility index (Phi) is 5.53. The van der Waals surface area contributed by atoms with E-state index in [2.05, 4.69) is 21.0 Å². The minimum atomic E-state index is -1.01. The van der Waals surface area contributed by atoms with Crippen LogP contribution in [0.5, 0.6) is 0 Å². The first-order chi connectivity index (χ1) is 8.85. The van der Waals surface area contributed by atoms with Crippen LogP contribution >= 0.6 is 15.9 Å². The fraction of sp³-hybridized carbons (Fsp3) is 0.583. The van der Waals surface area contributed by atoms with E-state index in [-0.39, 0.29) is 24.9 Å². The van der Waals surface area contributed by atoms with Crippen LogP contribution in [0.15, 0.2) is 10.7 Å². The monoisotopic (exact) mass is 331 g/mol. The molecule has 1 aromatic rings. The lowest BCUT2D eigenvalue weighted by Gasteiger charge is -2.26. The second kappa shape index (κ2) is 6.70. The van der Waals surface area contributed by atoms with Crippen molar-refractivity contribution in [3.05, 3.63) is 16.4 Å². The van der Waals surface area contributed by atoms with E-state index in [9.17, 15) is 9.59 Å². The maximum atomic E-state index is 12.2. The largest absolute Gasteiger partial charge is 0.480 e. The molecule has 0 fully saturated rings. The number of nitrogens with zero attached hydrogens (tertiary/aromatic N) is 3. The van der Waals surface area contributed by atoms with Gasteiger partial charge in [-0.05, 0) is 29.3 Å². The van der Waals surface area contributed by atoms with E-state index in [4.69, 9.17) is 5.11 Å². The molecule has 1 amide bonds. The number of carbonyl (C=O) groups is 2. The summed E-state index contributed by atoms with van der Waals surface area (Å²) in [7, 11) is 1.77. The molecular formula is C12H18BrN3O3. The molecule has 0 bridgehead atoms. The second-order valence-corrected chi connectivity index (χ2v) is 5.30. The second-order valence-electron chi connectivity index (χ2n) is 4.45. The van der Waals surface area contributed by atoms with Gasteiger partial charge in [-0.2, -0.15) is 5.10 Å². The molecule has 0 aliphatic rings. The molecule has 0 aliphatic carbocycles. The topological polar surface area (TPSA) is 75.4 Å². The van der Waals surface area contributed by atoms with Gasteiger partial charge in [0.1, 0.15) is 6.54 Å². The molecule has 0 saturated heterocycles. The standard InChI is InChI=1S/C12H18BrN3O3/c1-4-8(2)16(7-12(18)19)11(17)5-10-9(13)6-15(3)14-10/h6,8H,4-5,7H2,1-3H3,(H,18,19). The minimum absolute atomic E-state index is 0.0963. The summed E-state index contributed by atoms with van der Waals surface area (Å²) >= 11 is 3.33. The molecule has 7 heteroatoms. The van der Waals surface area contributed by atoms with Crippen LogP contribution in [-0.2, 0) is 23.1 Å². The molecule has 0 radical (unpaired) electrons. The van der Waals surface area contributed by atoms with Gasteiger partial charge in [-0.25, -0.2) is 0 Å². The molecule has 0 spiro atoms. The molecule has 6 nitrogen and oxygen atoms in total. The number of carboxylic acids is 1. The van der Waals surface area contributed by atoms with Crippen molar-refractivity contribution >= 4 is 27.8 Å². The number of aryl methyl sites for hydroxylation is 1. The van der Waals surface area contributed by atoms with Crippen LogP contribution in [0.3, 0.4) is 0 Å². The normalized spacial score (nSPS) is 12.2. The number of aliphatic carboxylic acids is 1. The first-order valence-corrected chi connectivity index (χ1v) is 6.83. The number of hydrogen-bond donors (Lipinski definition) is 1. The number of carbonyl (C=O) groups excluding carboxylic acids is 1. The van der Waals surface area contributed by atoms with E-state index in [1.807, 2.05) is 13.8 Å². The number of halogens is 1. The molecule has 1 N–H and O–H groups in total. The lowest BCUT2D eigenvalue weighted by atomic mass is 10.2. The fourth-order valence-corrected chi connectivity index (χ4v) is 2.24. The van der Waals surface area contributed by atoms with Gasteiger partial charge in [-0.15, -0.1) is 0 Å². The zero-order chi connectivity index (χ0) is 14.6. The molecular weight excluding hydrogens is 314 g/mol. The molecule has 1 unspecified atom stereocenters. The third-order valence-corrected chi connectivity index (χ3v) is 3.58. The van der Waals surface area contributed by atoms with Crippen molar-refractivity contribution in [2.75, 3.05) is 6.54 Å². The Bertz CT molecular complexity index is 473. The molecule has 0 aromatic carbocycles. The van der Waals surface area contributed by atoms with Gasteiger partial charge < -0.3 is 10.0 Å². The molecule has 0 aliphatic heterocycles. The van der Waals surface area contributed by atoms with E-state index in [1.165, 1.54) is 4.90 Å². The molecule has 1 atom stereocenters. The minimum Gasteiger partial charge on any atom is -0.480 e. The Balaban J connectivity index is 2.82. The van der Waals surface area contributed by atoms with E-state index in [0.29, 0.717) is 12.1 Å². The summed E-state index contributed by atoms with van der Waals surface area (Å²) in [4.78, 5) is 24.4. The van der Waals surface area contributed by atoms with Crippen LogP contribution < -0.4 is 0 Å². The predicted molar refractivity (Wildman–Crippen MR) is 73.7 cm³/mol. The van der Waals surface area contributed by atoms with Crippen molar-refractivity contribution < 1.29 is 14.7 Å². The Hall–Kier alpha value is -1.37. The molecule has 1 heterocycles. The van der Waals surface area contributed by atoms with Crippen molar-refractivity contribution in [1.29, 1.82) is 0 Å². The summed E-state index contributed by atoms with van der Waals surface area (Å²) in [6.07, 6.45) is 2.56. The average molecular weight is 332 g/mol. The van der Waals surface area contributed by atoms with Crippen LogP contribution in [0.4, 0.5) is 0 Å². The highest BCUT2D eigenvalue weighted by Crippen LogP contribution is 2.16. The quantitative estimate of drug-likeness (QED) is 0.855. The van der Waals surface area contributed by atoms with Crippen LogP contribution in [0.1, 0.15) is 26.0 Å². The highest BCUT2D eigenvalue weighted by Gasteiger charge is 2.23. The molecule has 1 rings (SSSR count). The first-order valence-electron chi connectivity index (χ1n) is 6.04.